The van der Waals surface area contributed by atoms with Gasteiger partial charge in [-0.05, 0) is 42.8 Å². The van der Waals surface area contributed by atoms with E-state index in [0.717, 1.165) is 11.8 Å². The van der Waals surface area contributed by atoms with Crippen molar-refractivity contribution in [3.63, 3.8) is 0 Å². The molecule has 0 radical (unpaired) electrons. The fourth-order valence-electron chi connectivity index (χ4n) is 1.53. The highest BCUT2D eigenvalue weighted by Gasteiger charge is 2.13. The van der Waals surface area contributed by atoms with E-state index < -0.39 is 11.6 Å². The quantitative estimate of drug-likeness (QED) is 0.924. The van der Waals surface area contributed by atoms with E-state index in [9.17, 15) is 8.78 Å². The van der Waals surface area contributed by atoms with E-state index in [1.807, 2.05) is 0 Å². The van der Waals surface area contributed by atoms with Gasteiger partial charge >= 0.3 is 0 Å². The molecule has 2 nitrogen and oxygen atoms in total. The van der Waals surface area contributed by atoms with Crippen LogP contribution in [0.15, 0.2) is 46.5 Å². The number of aromatic nitrogens is 1. The number of pyridine rings is 1. The van der Waals surface area contributed by atoms with Crippen molar-refractivity contribution in [2.45, 2.75) is 16.3 Å². The minimum absolute atomic E-state index is 0.0329. The predicted octanol–water partition coefficient (Wildman–Crippen LogP) is 3.01. The van der Waals surface area contributed by atoms with Crippen molar-refractivity contribution in [1.82, 2.24) is 4.98 Å². The Morgan fingerprint density at radius 1 is 1.17 bits per heavy atom. The average molecular weight is 266 g/mol. The van der Waals surface area contributed by atoms with Crippen molar-refractivity contribution in [2.24, 2.45) is 5.73 Å². The lowest BCUT2D eigenvalue weighted by molar-refractivity contribution is 0.537. The highest BCUT2D eigenvalue weighted by Crippen LogP contribution is 2.31. The summed E-state index contributed by atoms with van der Waals surface area (Å²) < 4.78 is 27.6. The van der Waals surface area contributed by atoms with Crippen LogP contribution in [0.25, 0.3) is 0 Å². The SMILES string of the molecule is NCCc1cc(F)c(Sc2ccccn2)c(F)c1. The first-order valence-electron chi connectivity index (χ1n) is 5.47. The average Bonchev–Trinajstić information content (AvgIpc) is 2.36. The van der Waals surface area contributed by atoms with Crippen LogP contribution >= 0.6 is 11.8 Å². The summed E-state index contributed by atoms with van der Waals surface area (Å²) in [5.74, 6) is -1.15. The Hall–Kier alpha value is -1.46. The van der Waals surface area contributed by atoms with Gasteiger partial charge in [-0.2, -0.15) is 0 Å². The van der Waals surface area contributed by atoms with Gasteiger partial charge in [-0.3, -0.25) is 0 Å². The van der Waals surface area contributed by atoms with Crippen LogP contribution < -0.4 is 5.73 Å². The lowest BCUT2D eigenvalue weighted by Gasteiger charge is -2.06. The molecule has 0 saturated carbocycles. The fraction of sp³-hybridized carbons (Fsp3) is 0.154. The van der Waals surface area contributed by atoms with Crippen molar-refractivity contribution >= 4 is 11.8 Å². The first-order chi connectivity index (χ1) is 8.70. The first kappa shape index (κ1) is 13.0. The largest absolute Gasteiger partial charge is 0.330 e. The predicted molar refractivity (Wildman–Crippen MR) is 67.5 cm³/mol. The zero-order valence-corrected chi connectivity index (χ0v) is 10.4. The van der Waals surface area contributed by atoms with Gasteiger partial charge in [0.2, 0.25) is 0 Å². The molecule has 0 amide bonds. The van der Waals surface area contributed by atoms with E-state index in [2.05, 4.69) is 4.98 Å². The minimum atomic E-state index is -0.575. The zero-order chi connectivity index (χ0) is 13.0. The van der Waals surface area contributed by atoms with Crippen LogP contribution in [-0.4, -0.2) is 11.5 Å². The summed E-state index contributed by atoms with van der Waals surface area (Å²) in [5, 5.41) is 0.557. The van der Waals surface area contributed by atoms with E-state index in [0.29, 0.717) is 23.6 Å². The molecule has 1 aromatic heterocycles. The van der Waals surface area contributed by atoms with E-state index in [4.69, 9.17) is 5.73 Å². The van der Waals surface area contributed by atoms with Crippen LogP contribution in [0.2, 0.25) is 0 Å². The smallest absolute Gasteiger partial charge is 0.140 e. The number of rotatable bonds is 4. The summed E-state index contributed by atoms with van der Waals surface area (Å²) in [5.41, 5.74) is 5.93. The van der Waals surface area contributed by atoms with Gasteiger partial charge in [0.1, 0.15) is 16.7 Å². The van der Waals surface area contributed by atoms with Crippen LogP contribution in [-0.2, 0) is 6.42 Å². The molecule has 0 bridgehead atoms. The van der Waals surface area contributed by atoms with Gasteiger partial charge in [0.05, 0.1) is 4.90 Å². The Morgan fingerprint density at radius 3 is 2.44 bits per heavy atom. The molecule has 0 unspecified atom stereocenters. The molecular weight excluding hydrogens is 254 g/mol. The van der Waals surface area contributed by atoms with E-state index in [-0.39, 0.29) is 4.90 Å². The van der Waals surface area contributed by atoms with Crippen molar-refractivity contribution in [2.75, 3.05) is 6.54 Å². The Bertz CT molecular complexity index is 509. The lowest BCUT2D eigenvalue weighted by atomic mass is 10.1. The van der Waals surface area contributed by atoms with E-state index in [1.165, 1.54) is 12.1 Å². The maximum Gasteiger partial charge on any atom is 0.140 e. The molecule has 0 fully saturated rings. The van der Waals surface area contributed by atoms with E-state index >= 15 is 0 Å². The Balaban J connectivity index is 2.28. The lowest BCUT2D eigenvalue weighted by Crippen LogP contribution is -2.04. The van der Waals surface area contributed by atoms with Crippen molar-refractivity contribution in [1.29, 1.82) is 0 Å². The second-order valence-corrected chi connectivity index (χ2v) is 4.73. The van der Waals surface area contributed by atoms with Gasteiger partial charge in [-0.15, -0.1) is 0 Å². The normalized spacial score (nSPS) is 10.6. The van der Waals surface area contributed by atoms with Crippen molar-refractivity contribution in [3.8, 4) is 0 Å². The van der Waals surface area contributed by atoms with Gasteiger partial charge in [-0.1, -0.05) is 17.8 Å². The van der Waals surface area contributed by atoms with Crippen LogP contribution in [0.4, 0.5) is 8.78 Å². The third-order valence-corrected chi connectivity index (χ3v) is 3.38. The van der Waals surface area contributed by atoms with Crippen molar-refractivity contribution < 1.29 is 8.78 Å². The van der Waals surface area contributed by atoms with Crippen LogP contribution in [0, 0.1) is 11.6 Å². The van der Waals surface area contributed by atoms with Crippen LogP contribution in [0.1, 0.15) is 5.56 Å². The highest BCUT2D eigenvalue weighted by molar-refractivity contribution is 7.99. The molecule has 0 aliphatic carbocycles. The Kier molecular flexibility index (Phi) is 4.28. The molecule has 2 N–H and O–H groups in total. The molecule has 5 heteroatoms. The highest BCUT2D eigenvalue weighted by atomic mass is 32.2. The summed E-state index contributed by atoms with van der Waals surface area (Å²) >= 11 is 0.975. The van der Waals surface area contributed by atoms with Gasteiger partial charge < -0.3 is 5.73 Å². The second-order valence-electron chi connectivity index (χ2n) is 3.70. The molecule has 0 saturated heterocycles. The molecule has 0 spiro atoms. The molecule has 1 aromatic carbocycles. The number of halogens is 2. The maximum absolute atomic E-state index is 13.8. The third-order valence-electron chi connectivity index (χ3n) is 2.34. The third kappa shape index (κ3) is 3.05. The van der Waals surface area contributed by atoms with E-state index in [1.54, 1.807) is 24.4 Å². The van der Waals surface area contributed by atoms with Crippen LogP contribution in [0.5, 0.6) is 0 Å². The molecule has 1 heterocycles. The Labute approximate surface area is 108 Å². The fourth-order valence-corrected chi connectivity index (χ4v) is 2.32. The summed E-state index contributed by atoms with van der Waals surface area (Å²) in [4.78, 5) is 3.99. The van der Waals surface area contributed by atoms with Gasteiger partial charge in [0, 0.05) is 6.20 Å². The second kappa shape index (κ2) is 5.93. The molecule has 18 heavy (non-hydrogen) atoms. The Morgan fingerprint density at radius 2 is 1.89 bits per heavy atom. The zero-order valence-electron chi connectivity index (χ0n) is 9.57. The van der Waals surface area contributed by atoms with Crippen molar-refractivity contribution in [3.05, 3.63) is 53.7 Å². The standard InChI is InChI=1S/C13H12F2N2S/c14-10-7-9(4-5-16)8-11(15)13(10)18-12-3-1-2-6-17-12/h1-3,6-8H,4-5,16H2. The molecule has 0 aliphatic rings. The molecule has 0 atom stereocenters. The number of hydrogen-bond acceptors (Lipinski definition) is 3. The van der Waals surface area contributed by atoms with Crippen LogP contribution in [0.3, 0.4) is 0 Å². The number of benzene rings is 1. The monoisotopic (exact) mass is 266 g/mol. The van der Waals surface area contributed by atoms with Gasteiger partial charge in [0.25, 0.3) is 0 Å². The summed E-state index contributed by atoms with van der Waals surface area (Å²) in [6.07, 6.45) is 2.04. The topological polar surface area (TPSA) is 38.9 Å². The first-order valence-corrected chi connectivity index (χ1v) is 6.29. The molecule has 0 aliphatic heterocycles. The minimum Gasteiger partial charge on any atom is -0.330 e. The van der Waals surface area contributed by atoms with Gasteiger partial charge in [0.15, 0.2) is 0 Å². The number of nitrogens with two attached hydrogens (primary N) is 1. The molecule has 94 valence electrons. The maximum atomic E-state index is 13.8. The van der Waals surface area contributed by atoms with Gasteiger partial charge in [-0.25, -0.2) is 13.8 Å². The number of hydrogen-bond donors (Lipinski definition) is 1. The summed E-state index contributed by atoms with van der Waals surface area (Å²) in [6, 6.07) is 7.87. The summed E-state index contributed by atoms with van der Waals surface area (Å²) in [6.45, 7) is 0.367. The summed E-state index contributed by atoms with van der Waals surface area (Å²) in [7, 11) is 0. The molecular formula is C13H12F2N2S. The number of nitrogens with zero attached hydrogens (tertiary/aromatic N) is 1. The molecule has 2 aromatic rings. The molecule has 2 rings (SSSR count).